The number of ether oxygens (including phenoxy) is 2. The lowest BCUT2D eigenvalue weighted by Crippen LogP contribution is -2.10. The van der Waals surface area contributed by atoms with Crippen LogP contribution in [-0.4, -0.2) is 36.1 Å². The van der Waals surface area contributed by atoms with Crippen molar-refractivity contribution < 1.29 is 14.3 Å². The zero-order valence-electron chi connectivity index (χ0n) is 11.5. The van der Waals surface area contributed by atoms with Crippen molar-refractivity contribution in [1.29, 1.82) is 0 Å². The minimum absolute atomic E-state index is 0.177. The number of carbonyl (C=O) groups excluding carboxylic acids is 1. The van der Waals surface area contributed by atoms with Gasteiger partial charge in [-0.1, -0.05) is 12.1 Å². The van der Waals surface area contributed by atoms with Crippen LogP contribution in [0.1, 0.15) is 21.9 Å². The van der Waals surface area contributed by atoms with E-state index < -0.39 is 0 Å². The van der Waals surface area contributed by atoms with Gasteiger partial charge in [-0.25, -0.2) is 9.97 Å². The highest BCUT2D eigenvalue weighted by atomic mass is 16.5. The van der Waals surface area contributed by atoms with E-state index in [1.165, 1.54) is 0 Å². The summed E-state index contributed by atoms with van der Waals surface area (Å²) in [5.74, 6) is 0.919. The fraction of sp³-hybridized carbons (Fsp3) is 0.267. The second-order valence-electron chi connectivity index (χ2n) is 4.16. The maximum atomic E-state index is 12.5. The van der Waals surface area contributed by atoms with E-state index in [9.17, 15) is 4.79 Å². The number of rotatable bonds is 6. The molecule has 0 aliphatic heterocycles. The predicted molar refractivity (Wildman–Crippen MR) is 74.0 cm³/mol. The van der Waals surface area contributed by atoms with E-state index in [1.807, 2.05) is 6.07 Å². The Balaban J connectivity index is 2.25. The Morgan fingerprint density at radius 1 is 1.20 bits per heavy atom. The number of methoxy groups -OCH3 is 1. The first-order chi connectivity index (χ1) is 9.72. The number of aryl methyl sites for hydroxylation is 1. The molecule has 0 atom stereocenters. The summed E-state index contributed by atoms with van der Waals surface area (Å²) in [5, 5.41) is 0. The van der Waals surface area contributed by atoms with Crippen LogP contribution in [0.25, 0.3) is 0 Å². The Bertz CT molecular complexity index is 599. The zero-order valence-corrected chi connectivity index (χ0v) is 11.5. The van der Waals surface area contributed by atoms with Crippen LogP contribution in [0.2, 0.25) is 0 Å². The molecule has 0 bridgehead atoms. The monoisotopic (exact) mass is 272 g/mol. The van der Waals surface area contributed by atoms with Gasteiger partial charge in [0, 0.05) is 13.3 Å². The van der Waals surface area contributed by atoms with Crippen LogP contribution in [0.5, 0.6) is 5.75 Å². The van der Waals surface area contributed by atoms with E-state index in [0.29, 0.717) is 36.0 Å². The van der Waals surface area contributed by atoms with Crippen molar-refractivity contribution in [3.05, 3.63) is 53.6 Å². The number of hydrogen-bond donors (Lipinski definition) is 0. The summed E-state index contributed by atoms with van der Waals surface area (Å²) >= 11 is 0. The first kappa shape index (κ1) is 14.1. The molecule has 0 fully saturated rings. The summed E-state index contributed by atoms with van der Waals surface area (Å²) in [6, 6.07) is 8.70. The molecular formula is C15H16N2O3. The van der Waals surface area contributed by atoms with E-state index in [-0.39, 0.29) is 5.78 Å². The van der Waals surface area contributed by atoms with Crippen molar-refractivity contribution in [2.24, 2.45) is 0 Å². The standard InChI is InChI=1S/C15H16N2O3/c1-11-16-8-7-13(17-11)15(18)12-5-3-4-6-14(12)20-10-9-19-2/h3-8H,9-10H2,1-2H3. The van der Waals surface area contributed by atoms with Crippen LogP contribution in [0.3, 0.4) is 0 Å². The molecule has 5 heteroatoms. The molecule has 0 unspecified atom stereocenters. The fourth-order valence-corrected chi connectivity index (χ4v) is 1.74. The second-order valence-corrected chi connectivity index (χ2v) is 4.16. The first-order valence-corrected chi connectivity index (χ1v) is 6.27. The van der Waals surface area contributed by atoms with Gasteiger partial charge in [0.15, 0.2) is 0 Å². The van der Waals surface area contributed by atoms with Gasteiger partial charge < -0.3 is 9.47 Å². The van der Waals surface area contributed by atoms with Crippen LogP contribution in [0.4, 0.5) is 0 Å². The molecule has 5 nitrogen and oxygen atoms in total. The summed E-state index contributed by atoms with van der Waals surface area (Å²) < 4.78 is 10.5. The minimum Gasteiger partial charge on any atom is -0.490 e. The first-order valence-electron chi connectivity index (χ1n) is 6.27. The summed E-state index contributed by atoms with van der Waals surface area (Å²) in [5.41, 5.74) is 0.849. The lowest BCUT2D eigenvalue weighted by Gasteiger charge is -2.10. The Labute approximate surface area is 117 Å². The van der Waals surface area contributed by atoms with E-state index in [1.54, 1.807) is 44.5 Å². The molecule has 0 saturated heterocycles. The smallest absolute Gasteiger partial charge is 0.215 e. The molecule has 0 radical (unpaired) electrons. The molecule has 0 N–H and O–H groups in total. The molecular weight excluding hydrogens is 256 g/mol. The number of carbonyl (C=O) groups is 1. The molecule has 1 aromatic carbocycles. The lowest BCUT2D eigenvalue weighted by atomic mass is 10.1. The summed E-state index contributed by atoms with van der Waals surface area (Å²) in [4.78, 5) is 20.6. The van der Waals surface area contributed by atoms with Crippen molar-refractivity contribution in [2.45, 2.75) is 6.92 Å². The van der Waals surface area contributed by atoms with Crippen molar-refractivity contribution >= 4 is 5.78 Å². The lowest BCUT2D eigenvalue weighted by molar-refractivity contribution is 0.102. The summed E-state index contributed by atoms with van der Waals surface area (Å²) in [6.07, 6.45) is 1.57. The highest BCUT2D eigenvalue weighted by Gasteiger charge is 2.15. The Morgan fingerprint density at radius 2 is 2.00 bits per heavy atom. The molecule has 1 aromatic heterocycles. The van der Waals surface area contributed by atoms with Gasteiger partial charge in [-0.15, -0.1) is 0 Å². The number of para-hydroxylation sites is 1. The van der Waals surface area contributed by atoms with Gasteiger partial charge in [0.2, 0.25) is 5.78 Å². The molecule has 0 aliphatic rings. The normalized spacial score (nSPS) is 10.3. The molecule has 0 saturated carbocycles. The number of ketones is 1. The van der Waals surface area contributed by atoms with Gasteiger partial charge in [-0.2, -0.15) is 0 Å². The van der Waals surface area contributed by atoms with Gasteiger partial charge in [0.1, 0.15) is 23.9 Å². The van der Waals surface area contributed by atoms with Crippen molar-refractivity contribution in [2.75, 3.05) is 20.3 Å². The highest BCUT2D eigenvalue weighted by Crippen LogP contribution is 2.20. The quantitative estimate of drug-likeness (QED) is 0.595. The van der Waals surface area contributed by atoms with Crippen LogP contribution >= 0.6 is 0 Å². The topological polar surface area (TPSA) is 61.3 Å². The minimum atomic E-state index is -0.177. The van der Waals surface area contributed by atoms with Gasteiger partial charge in [0.05, 0.1) is 12.2 Å². The maximum absolute atomic E-state index is 12.5. The molecule has 20 heavy (non-hydrogen) atoms. The van der Waals surface area contributed by atoms with Crippen LogP contribution in [-0.2, 0) is 4.74 Å². The highest BCUT2D eigenvalue weighted by molar-refractivity contribution is 6.09. The fourth-order valence-electron chi connectivity index (χ4n) is 1.74. The maximum Gasteiger partial charge on any atom is 0.215 e. The SMILES string of the molecule is COCCOc1ccccc1C(=O)c1ccnc(C)n1. The van der Waals surface area contributed by atoms with E-state index >= 15 is 0 Å². The molecule has 0 spiro atoms. The molecule has 0 amide bonds. The summed E-state index contributed by atoms with van der Waals surface area (Å²) in [7, 11) is 1.60. The van der Waals surface area contributed by atoms with Crippen LogP contribution in [0, 0.1) is 6.92 Å². The second kappa shape index (κ2) is 6.77. The largest absolute Gasteiger partial charge is 0.490 e. The van der Waals surface area contributed by atoms with Gasteiger partial charge in [-0.05, 0) is 25.1 Å². The molecule has 2 aromatic rings. The van der Waals surface area contributed by atoms with Gasteiger partial charge in [-0.3, -0.25) is 4.79 Å². The third-order valence-electron chi connectivity index (χ3n) is 2.69. The van der Waals surface area contributed by atoms with E-state index in [4.69, 9.17) is 9.47 Å². The van der Waals surface area contributed by atoms with Crippen molar-refractivity contribution in [3.63, 3.8) is 0 Å². The van der Waals surface area contributed by atoms with E-state index in [0.717, 1.165) is 0 Å². The van der Waals surface area contributed by atoms with E-state index in [2.05, 4.69) is 9.97 Å². The molecule has 1 heterocycles. The van der Waals surface area contributed by atoms with Crippen molar-refractivity contribution in [1.82, 2.24) is 9.97 Å². The van der Waals surface area contributed by atoms with Gasteiger partial charge in [0.25, 0.3) is 0 Å². The average molecular weight is 272 g/mol. The molecule has 104 valence electrons. The zero-order chi connectivity index (χ0) is 14.4. The van der Waals surface area contributed by atoms with Gasteiger partial charge >= 0.3 is 0 Å². The molecule has 2 rings (SSSR count). The molecule has 0 aliphatic carbocycles. The summed E-state index contributed by atoms with van der Waals surface area (Å²) in [6.45, 7) is 2.61. The predicted octanol–water partition coefficient (Wildman–Crippen LogP) is 2.04. The van der Waals surface area contributed by atoms with Crippen molar-refractivity contribution in [3.8, 4) is 5.75 Å². The Kier molecular flexibility index (Phi) is 4.79. The number of nitrogens with zero attached hydrogens (tertiary/aromatic N) is 2. The number of benzene rings is 1. The van der Waals surface area contributed by atoms with Crippen LogP contribution in [0.15, 0.2) is 36.5 Å². The Morgan fingerprint density at radius 3 is 2.75 bits per heavy atom. The number of aromatic nitrogens is 2. The number of hydrogen-bond acceptors (Lipinski definition) is 5. The average Bonchev–Trinajstić information content (AvgIpc) is 2.47. The third-order valence-corrected chi connectivity index (χ3v) is 2.69. The van der Waals surface area contributed by atoms with Crippen LogP contribution < -0.4 is 4.74 Å². The third kappa shape index (κ3) is 3.39. The Hall–Kier alpha value is -2.27.